The first-order chi connectivity index (χ1) is 10.0. The molecule has 21 heavy (non-hydrogen) atoms. The maximum Gasteiger partial charge on any atom is 0.0991 e. The van der Waals surface area contributed by atoms with Gasteiger partial charge in [-0.2, -0.15) is 5.26 Å². The summed E-state index contributed by atoms with van der Waals surface area (Å²) in [6.45, 7) is 4.12. The quantitative estimate of drug-likeness (QED) is 0.832. The molecule has 2 aromatic carbocycles. The lowest BCUT2D eigenvalue weighted by Gasteiger charge is -2.22. The van der Waals surface area contributed by atoms with Crippen molar-refractivity contribution in [3.63, 3.8) is 0 Å². The minimum Gasteiger partial charge on any atom is -0.304 e. The van der Waals surface area contributed by atoms with Gasteiger partial charge >= 0.3 is 0 Å². The van der Waals surface area contributed by atoms with Gasteiger partial charge in [-0.1, -0.05) is 41.4 Å². The number of hydrogen-bond donors (Lipinski definition) is 1. The Kier molecular flexibility index (Phi) is 5.25. The second kappa shape index (κ2) is 6.95. The molecule has 0 heterocycles. The van der Waals surface area contributed by atoms with Crippen LogP contribution in [0.4, 0.5) is 0 Å². The number of nitriles is 1. The molecule has 108 valence electrons. The number of nitrogens with zero attached hydrogens (tertiary/aromatic N) is 1. The predicted molar refractivity (Wildman–Crippen MR) is 87.6 cm³/mol. The highest BCUT2D eigenvalue weighted by atomic mass is 35.5. The molecule has 0 fully saturated rings. The smallest absolute Gasteiger partial charge is 0.0991 e. The van der Waals surface area contributed by atoms with Crippen LogP contribution in [-0.4, -0.2) is 0 Å². The topological polar surface area (TPSA) is 35.8 Å². The molecule has 0 aliphatic rings. The molecule has 0 bridgehead atoms. The Morgan fingerprint density at radius 1 is 1.05 bits per heavy atom. The van der Waals surface area contributed by atoms with E-state index in [0.717, 1.165) is 11.1 Å². The largest absolute Gasteiger partial charge is 0.304 e. The molecule has 2 aromatic rings. The van der Waals surface area contributed by atoms with Crippen molar-refractivity contribution in [1.82, 2.24) is 5.32 Å². The van der Waals surface area contributed by atoms with Gasteiger partial charge in [0.1, 0.15) is 0 Å². The molecule has 0 aliphatic heterocycles. The summed E-state index contributed by atoms with van der Waals surface area (Å²) in [7, 11) is 0. The van der Waals surface area contributed by atoms with Crippen LogP contribution in [-0.2, 0) is 0 Å². The molecular formula is C17H16Cl2N2. The first-order valence-corrected chi connectivity index (χ1v) is 7.48. The van der Waals surface area contributed by atoms with Crippen LogP contribution in [0.2, 0.25) is 10.0 Å². The van der Waals surface area contributed by atoms with Crippen molar-refractivity contribution in [3.05, 3.63) is 69.2 Å². The van der Waals surface area contributed by atoms with Gasteiger partial charge in [0, 0.05) is 22.1 Å². The lowest BCUT2D eigenvalue weighted by atomic mass is 10.0. The summed E-state index contributed by atoms with van der Waals surface area (Å²) in [4.78, 5) is 0. The Morgan fingerprint density at radius 3 is 2.48 bits per heavy atom. The Bertz CT molecular complexity index is 677. The third-order valence-corrected chi connectivity index (χ3v) is 4.01. The molecule has 2 unspecified atom stereocenters. The Labute approximate surface area is 135 Å². The van der Waals surface area contributed by atoms with Crippen molar-refractivity contribution in [1.29, 1.82) is 5.26 Å². The van der Waals surface area contributed by atoms with Gasteiger partial charge in [0.2, 0.25) is 0 Å². The number of rotatable bonds is 4. The van der Waals surface area contributed by atoms with Crippen LogP contribution in [0.25, 0.3) is 0 Å². The number of nitrogens with one attached hydrogen (secondary N) is 1. The van der Waals surface area contributed by atoms with Gasteiger partial charge in [-0.3, -0.25) is 0 Å². The van der Waals surface area contributed by atoms with E-state index in [-0.39, 0.29) is 12.1 Å². The molecule has 0 saturated heterocycles. The average Bonchev–Trinajstić information content (AvgIpc) is 2.47. The van der Waals surface area contributed by atoms with E-state index in [2.05, 4.69) is 25.2 Å². The second-order valence-corrected chi connectivity index (χ2v) is 5.86. The highest BCUT2D eigenvalue weighted by Gasteiger charge is 2.14. The second-order valence-electron chi connectivity index (χ2n) is 5.01. The minimum absolute atomic E-state index is 0.0792. The molecule has 0 aliphatic carbocycles. The summed E-state index contributed by atoms with van der Waals surface area (Å²) in [6.07, 6.45) is 0. The Morgan fingerprint density at radius 2 is 1.81 bits per heavy atom. The molecule has 2 rings (SSSR count). The molecule has 0 aromatic heterocycles. The van der Waals surface area contributed by atoms with E-state index in [1.54, 1.807) is 12.1 Å². The SMILES string of the molecule is CC(NC(C)c1ccc(Cl)cc1Cl)c1cccc(C#N)c1. The summed E-state index contributed by atoms with van der Waals surface area (Å²) < 4.78 is 0. The fourth-order valence-electron chi connectivity index (χ4n) is 2.29. The van der Waals surface area contributed by atoms with Gasteiger partial charge in [-0.15, -0.1) is 0 Å². The third-order valence-electron chi connectivity index (χ3n) is 3.44. The van der Waals surface area contributed by atoms with Crippen LogP contribution in [0, 0.1) is 11.3 Å². The van der Waals surface area contributed by atoms with Crippen molar-refractivity contribution < 1.29 is 0 Å². The van der Waals surface area contributed by atoms with Crippen LogP contribution in [0.5, 0.6) is 0 Å². The molecule has 0 spiro atoms. The summed E-state index contributed by atoms with van der Waals surface area (Å²) in [5, 5.41) is 13.7. The zero-order valence-electron chi connectivity index (χ0n) is 11.9. The van der Waals surface area contributed by atoms with Gasteiger partial charge in [0.25, 0.3) is 0 Å². The Hall–Kier alpha value is -1.53. The Balaban J connectivity index is 2.14. The van der Waals surface area contributed by atoms with Crippen molar-refractivity contribution in [2.75, 3.05) is 0 Å². The van der Waals surface area contributed by atoms with Gasteiger partial charge in [-0.05, 0) is 49.2 Å². The summed E-state index contributed by atoms with van der Waals surface area (Å²) in [5.74, 6) is 0. The summed E-state index contributed by atoms with van der Waals surface area (Å²) in [5.41, 5.74) is 2.74. The van der Waals surface area contributed by atoms with Crippen molar-refractivity contribution in [3.8, 4) is 6.07 Å². The van der Waals surface area contributed by atoms with E-state index >= 15 is 0 Å². The van der Waals surface area contributed by atoms with Crippen LogP contribution in [0.3, 0.4) is 0 Å². The maximum atomic E-state index is 8.97. The molecule has 0 amide bonds. The van der Waals surface area contributed by atoms with Crippen molar-refractivity contribution >= 4 is 23.2 Å². The lowest BCUT2D eigenvalue weighted by molar-refractivity contribution is 0.495. The molecule has 2 nitrogen and oxygen atoms in total. The highest BCUT2D eigenvalue weighted by molar-refractivity contribution is 6.35. The molecule has 2 atom stereocenters. The van der Waals surface area contributed by atoms with E-state index in [0.29, 0.717) is 15.6 Å². The van der Waals surface area contributed by atoms with Crippen LogP contribution in [0.15, 0.2) is 42.5 Å². The molecular weight excluding hydrogens is 303 g/mol. The van der Waals surface area contributed by atoms with Gasteiger partial charge in [0.15, 0.2) is 0 Å². The van der Waals surface area contributed by atoms with Crippen LogP contribution >= 0.6 is 23.2 Å². The molecule has 4 heteroatoms. The third kappa shape index (κ3) is 3.98. The number of benzene rings is 2. The molecule has 1 N–H and O–H groups in total. The van der Waals surface area contributed by atoms with Crippen molar-refractivity contribution in [2.45, 2.75) is 25.9 Å². The van der Waals surface area contributed by atoms with Crippen LogP contribution < -0.4 is 5.32 Å². The zero-order chi connectivity index (χ0) is 15.4. The fourth-order valence-corrected chi connectivity index (χ4v) is 2.86. The minimum atomic E-state index is 0.0792. The number of halogens is 2. The first kappa shape index (κ1) is 15.9. The lowest BCUT2D eigenvalue weighted by Crippen LogP contribution is -2.22. The predicted octanol–water partition coefficient (Wildman–Crippen LogP) is 5.28. The van der Waals surface area contributed by atoms with E-state index in [4.69, 9.17) is 28.5 Å². The van der Waals surface area contributed by atoms with E-state index in [1.807, 2.05) is 30.3 Å². The molecule has 0 radical (unpaired) electrons. The molecule has 0 saturated carbocycles. The fraction of sp³-hybridized carbons (Fsp3) is 0.235. The first-order valence-electron chi connectivity index (χ1n) is 6.72. The van der Waals surface area contributed by atoms with E-state index in [1.165, 1.54) is 0 Å². The standard InChI is InChI=1S/C17H16Cl2N2/c1-11(14-5-3-4-13(8-14)10-20)21-12(2)16-7-6-15(18)9-17(16)19/h3-9,11-12,21H,1-2H3. The normalized spacial score (nSPS) is 13.5. The van der Waals surface area contributed by atoms with Crippen molar-refractivity contribution in [2.24, 2.45) is 0 Å². The van der Waals surface area contributed by atoms with Crippen LogP contribution in [0.1, 0.15) is 42.6 Å². The number of hydrogen-bond acceptors (Lipinski definition) is 2. The average molecular weight is 319 g/mol. The zero-order valence-corrected chi connectivity index (χ0v) is 13.4. The monoisotopic (exact) mass is 318 g/mol. The maximum absolute atomic E-state index is 8.97. The summed E-state index contributed by atoms with van der Waals surface area (Å²) in [6, 6.07) is 15.5. The highest BCUT2D eigenvalue weighted by Crippen LogP contribution is 2.28. The van der Waals surface area contributed by atoms with Gasteiger partial charge < -0.3 is 5.32 Å². The van der Waals surface area contributed by atoms with Gasteiger partial charge in [0.05, 0.1) is 11.6 Å². The van der Waals surface area contributed by atoms with E-state index in [9.17, 15) is 0 Å². The summed E-state index contributed by atoms with van der Waals surface area (Å²) >= 11 is 12.2. The van der Waals surface area contributed by atoms with E-state index < -0.39 is 0 Å². The van der Waals surface area contributed by atoms with Gasteiger partial charge in [-0.25, -0.2) is 0 Å².